The van der Waals surface area contributed by atoms with E-state index in [1.165, 1.54) is 0 Å². The van der Waals surface area contributed by atoms with E-state index in [9.17, 15) is 39.8 Å². The van der Waals surface area contributed by atoms with Crippen molar-refractivity contribution in [1.29, 1.82) is 0 Å². The predicted molar refractivity (Wildman–Crippen MR) is 303 cm³/mol. The Morgan fingerprint density at radius 2 is 0.757 bits per heavy atom. The number of phosphoric ester groups is 1. The number of ether oxygens (including phenoxy) is 2. The normalized spacial score (nSPS) is 21.6. The molecule has 0 aromatic rings. The molecule has 1 fully saturated rings. The van der Waals surface area contributed by atoms with Gasteiger partial charge in [0.15, 0.2) is 0 Å². The third kappa shape index (κ3) is 39.6. The summed E-state index contributed by atoms with van der Waals surface area (Å²) in [7, 11) is -5.05. The molecular formula is C61H97O12P. The first kappa shape index (κ1) is 68.2. The first-order valence-corrected chi connectivity index (χ1v) is 29.2. The van der Waals surface area contributed by atoms with E-state index in [1.807, 2.05) is 0 Å². The molecule has 12 nitrogen and oxygen atoms in total. The maximum atomic E-state index is 12.9. The molecule has 0 spiro atoms. The summed E-state index contributed by atoms with van der Waals surface area (Å²) in [5.74, 6) is -0.516. The standard InChI is InChI=1S/C61H97O12P/c1-3-5-7-9-11-13-15-17-19-21-23-25-27-29-31-33-35-37-39-41-43-45-47-49-51-70-52-54(53-71-74(68,69)73-61-59(66)57(64)56(63)58(65)60(61)67)72-55(62)50-48-46-44-42-40-38-36-34-32-30-28-26-24-22-20-18-16-14-12-10-8-6-4-2/h5-8,11-14,17-20,23-26,29-32,35-38,54,56-61,63-67H,3-4,9-10,15-16,21-22,27-28,33-34,39-53H2,1-2H3,(H,68,69)/b7-5-,8-6-,13-11-,14-12-,19-17-,20-18-,25-23-,26-24-,31-29-,32-30-,37-35-,38-36-. The highest BCUT2D eigenvalue weighted by molar-refractivity contribution is 7.47. The number of allylic oxidation sites excluding steroid dienone is 24. The summed E-state index contributed by atoms with van der Waals surface area (Å²) in [6.45, 7) is 3.95. The van der Waals surface area contributed by atoms with Gasteiger partial charge in [0.1, 0.15) is 42.7 Å². The Kier molecular flexibility index (Phi) is 45.0. The van der Waals surface area contributed by atoms with Crippen molar-refractivity contribution in [1.82, 2.24) is 0 Å². The second-order valence-electron chi connectivity index (χ2n) is 18.3. The number of carbonyl (C=O) groups is 1. The summed E-state index contributed by atoms with van der Waals surface area (Å²) in [6.07, 6.45) is 61.9. The average molecular weight is 1050 g/mol. The molecular weight excluding hydrogens is 956 g/mol. The molecule has 0 bridgehead atoms. The zero-order valence-electron chi connectivity index (χ0n) is 45.1. The minimum Gasteiger partial charge on any atom is -0.457 e. The van der Waals surface area contributed by atoms with Gasteiger partial charge in [-0.3, -0.25) is 13.8 Å². The van der Waals surface area contributed by atoms with Crippen LogP contribution in [0.5, 0.6) is 0 Å². The van der Waals surface area contributed by atoms with Crippen molar-refractivity contribution in [2.24, 2.45) is 0 Å². The Morgan fingerprint density at radius 3 is 1.15 bits per heavy atom. The number of phosphoric acid groups is 1. The number of hydrogen-bond donors (Lipinski definition) is 6. The summed E-state index contributed by atoms with van der Waals surface area (Å²) >= 11 is 0. The Morgan fingerprint density at radius 1 is 0.432 bits per heavy atom. The Bertz CT molecular complexity index is 1770. The second-order valence-corrected chi connectivity index (χ2v) is 19.7. The van der Waals surface area contributed by atoms with Crippen molar-refractivity contribution in [3.63, 3.8) is 0 Å². The van der Waals surface area contributed by atoms with Gasteiger partial charge < -0.3 is 39.9 Å². The van der Waals surface area contributed by atoms with E-state index in [0.29, 0.717) is 13.0 Å². The van der Waals surface area contributed by atoms with Crippen LogP contribution in [0.2, 0.25) is 0 Å². The largest absolute Gasteiger partial charge is 0.472 e. The van der Waals surface area contributed by atoms with Crippen LogP contribution in [-0.2, 0) is 27.9 Å². The van der Waals surface area contributed by atoms with E-state index in [0.717, 1.165) is 141 Å². The van der Waals surface area contributed by atoms with Crippen molar-refractivity contribution in [2.75, 3.05) is 19.8 Å². The molecule has 6 atom stereocenters. The molecule has 418 valence electrons. The van der Waals surface area contributed by atoms with Crippen LogP contribution in [0.25, 0.3) is 0 Å². The molecule has 6 N–H and O–H groups in total. The van der Waals surface area contributed by atoms with Crippen LogP contribution in [0.15, 0.2) is 146 Å². The van der Waals surface area contributed by atoms with Crippen molar-refractivity contribution in [3.8, 4) is 0 Å². The van der Waals surface area contributed by atoms with Crippen molar-refractivity contribution in [3.05, 3.63) is 146 Å². The Labute approximate surface area is 446 Å². The van der Waals surface area contributed by atoms with Crippen LogP contribution in [0.3, 0.4) is 0 Å². The molecule has 0 saturated heterocycles. The average Bonchev–Trinajstić information content (AvgIpc) is 3.39. The lowest BCUT2D eigenvalue weighted by molar-refractivity contribution is -0.220. The molecule has 1 aliphatic rings. The summed E-state index contributed by atoms with van der Waals surface area (Å²) in [6, 6.07) is 0. The monoisotopic (exact) mass is 1050 g/mol. The number of rotatable bonds is 45. The first-order chi connectivity index (χ1) is 36.0. The smallest absolute Gasteiger partial charge is 0.457 e. The quantitative estimate of drug-likeness (QED) is 0.0147. The maximum Gasteiger partial charge on any atom is 0.472 e. The number of aliphatic hydroxyl groups excluding tert-OH is 5. The lowest BCUT2D eigenvalue weighted by atomic mass is 9.85. The summed E-state index contributed by atoms with van der Waals surface area (Å²) in [5, 5.41) is 50.4. The van der Waals surface area contributed by atoms with Gasteiger partial charge in [-0.25, -0.2) is 4.57 Å². The van der Waals surface area contributed by atoms with Gasteiger partial charge in [0, 0.05) is 13.0 Å². The molecule has 0 aromatic carbocycles. The molecule has 0 aliphatic heterocycles. The zero-order valence-corrected chi connectivity index (χ0v) is 46.0. The summed E-state index contributed by atoms with van der Waals surface area (Å²) in [4.78, 5) is 23.3. The zero-order chi connectivity index (χ0) is 54.0. The number of carbonyl (C=O) groups excluding carboxylic acids is 1. The van der Waals surface area contributed by atoms with Gasteiger partial charge in [0.2, 0.25) is 0 Å². The molecule has 6 unspecified atom stereocenters. The fourth-order valence-electron chi connectivity index (χ4n) is 7.42. The molecule has 1 saturated carbocycles. The van der Waals surface area contributed by atoms with E-state index < -0.39 is 63.1 Å². The molecule has 1 aliphatic carbocycles. The molecule has 0 radical (unpaired) electrons. The molecule has 0 amide bonds. The van der Waals surface area contributed by atoms with Crippen LogP contribution >= 0.6 is 7.82 Å². The van der Waals surface area contributed by atoms with E-state index >= 15 is 0 Å². The molecule has 74 heavy (non-hydrogen) atoms. The molecule has 13 heteroatoms. The highest BCUT2D eigenvalue weighted by Gasteiger charge is 2.51. The van der Waals surface area contributed by atoms with Gasteiger partial charge in [-0.15, -0.1) is 0 Å². The van der Waals surface area contributed by atoms with Crippen molar-refractivity contribution >= 4 is 13.8 Å². The highest BCUT2D eigenvalue weighted by atomic mass is 31.2. The van der Waals surface area contributed by atoms with E-state index in [-0.39, 0.29) is 13.0 Å². The maximum absolute atomic E-state index is 12.9. The number of unbranched alkanes of at least 4 members (excludes halogenated alkanes) is 9. The Hall–Kier alpha value is -3.78. The van der Waals surface area contributed by atoms with Crippen LogP contribution in [0.4, 0.5) is 0 Å². The van der Waals surface area contributed by atoms with E-state index in [1.54, 1.807) is 0 Å². The Balaban J connectivity index is 2.38. The van der Waals surface area contributed by atoms with Gasteiger partial charge in [0.25, 0.3) is 0 Å². The third-order valence-electron chi connectivity index (χ3n) is 11.7. The number of esters is 1. The number of hydrogen-bond acceptors (Lipinski definition) is 11. The molecule has 1 rings (SSSR count). The molecule has 0 aromatic heterocycles. The summed E-state index contributed by atoms with van der Waals surface area (Å²) in [5.41, 5.74) is 0. The lowest BCUT2D eigenvalue weighted by Crippen LogP contribution is -2.64. The van der Waals surface area contributed by atoms with Crippen LogP contribution in [0.1, 0.15) is 168 Å². The number of aliphatic hydroxyl groups is 5. The fraction of sp³-hybridized carbons (Fsp3) is 0.590. The van der Waals surface area contributed by atoms with Crippen molar-refractivity contribution in [2.45, 2.75) is 211 Å². The van der Waals surface area contributed by atoms with E-state index in [2.05, 4.69) is 160 Å². The van der Waals surface area contributed by atoms with Crippen LogP contribution < -0.4 is 0 Å². The highest BCUT2D eigenvalue weighted by Crippen LogP contribution is 2.47. The third-order valence-corrected chi connectivity index (χ3v) is 12.7. The van der Waals surface area contributed by atoms with Gasteiger partial charge in [-0.2, -0.15) is 0 Å². The fourth-order valence-corrected chi connectivity index (χ4v) is 8.39. The first-order valence-electron chi connectivity index (χ1n) is 27.7. The molecule has 0 heterocycles. The SMILES string of the molecule is CC/C=C\C/C=C\C/C=C\C/C=C\C/C=C\C/C=C\CCCCCCCOCC(COP(=O)(O)OC1C(O)C(O)C(O)C(O)C1O)OC(=O)CCCCCC/C=C\C/C=C\C/C=C\C/C=C\C/C=C\C/C=C\CC. The van der Waals surface area contributed by atoms with Crippen molar-refractivity contribution < 1.29 is 58.3 Å². The topological polar surface area (TPSA) is 192 Å². The van der Waals surface area contributed by atoms with Gasteiger partial charge in [-0.05, 0) is 116 Å². The van der Waals surface area contributed by atoms with Gasteiger partial charge >= 0.3 is 13.8 Å². The van der Waals surface area contributed by atoms with Crippen LogP contribution in [-0.4, -0.2) is 98.9 Å². The second kappa shape index (κ2) is 48.8. The minimum atomic E-state index is -5.05. The van der Waals surface area contributed by atoms with Gasteiger partial charge in [-0.1, -0.05) is 192 Å². The minimum absolute atomic E-state index is 0.112. The predicted octanol–water partition coefficient (Wildman–Crippen LogP) is 13.3. The van der Waals surface area contributed by atoms with Gasteiger partial charge in [0.05, 0.1) is 13.2 Å². The lowest BCUT2D eigenvalue weighted by Gasteiger charge is -2.41. The van der Waals surface area contributed by atoms with Crippen LogP contribution in [0, 0.1) is 0 Å². The van der Waals surface area contributed by atoms with E-state index in [4.69, 9.17) is 18.5 Å². The summed E-state index contributed by atoms with van der Waals surface area (Å²) < 4.78 is 34.3.